The highest BCUT2D eigenvalue weighted by Crippen LogP contribution is 2.39. The van der Waals surface area contributed by atoms with Crippen molar-refractivity contribution in [2.75, 3.05) is 5.32 Å². The molecule has 1 aliphatic rings. The first-order valence-corrected chi connectivity index (χ1v) is 10.8. The van der Waals surface area contributed by atoms with Gasteiger partial charge in [0, 0.05) is 34.3 Å². The molecule has 0 spiro atoms. The van der Waals surface area contributed by atoms with Crippen LogP contribution in [-0.4, -0.2) is 31.8 Å². The van der Waals surface area contributed by atoms with E-state index in [1.165, 1.54) is 24.2 Å². The number of H-pyrrole nitrogens is 1. The second-order valence-corrected chi connectivity index (χ2v) is 9.59. The van der Waals surface area contributed by atoms with Gasteiger partial charge in [0.05, 0.1) is 10.4 Å². The SMILES string of the molecule is C#Cc1cnc(-c2ccc(COC(=O)NC(C)(C)C)s2)nc1Nc1cc(C2CC2)[nH]n1. The Morgan fingerprint density at radius 1 is 1.39 bits per heavy atom. The Labute approximate surface area is 184 Å². The van der Waals surface area contributed by atoms with Gasteiger partial charge in [0.25, 0.3) is 0 Å². The molecule has 0 unspecified atom stereocenters. The molecular formula is C22H24N6O2S. The first-order valence-electron chi connectivity index (χ1n) is 10.0. The van der Waals surface area contributed by atoms with Crippen LogP contribution in [0.3, 0.4) is 0 Å². The molecule has 1 saturated carbocycles. The number of rotatable bonds is 6. The Kier molecular flexibility index (Phi) is 5.65. The van der Waals surface area contributed by atoms with Gasteiger partial charge < -0.3 is 15.4 Å². The summed E-state index contributed by atoms with van der Waals surface area (Å²) >= 11 is 1.46. The minimum absolute atomic E-state index is 0.178. The molecule has 0 aromatic carbocycles. The molecule has 1 fully saturated rings. The van der Waals surface area contributed by atoms with Gasteiger partial charge in [-0.15, -0.1) is 17.8 Å². The smallest absolute Gasteiger partial charge is 0.407 e. The summed E-state index contributed by atoms with van der Waals surface area (Å²) in [6.45, 7) is 5.87. The van der Waals surface area contributed by atoms with Crippen LogP contribution in [0.1, 0.15) is 55.7 Å². The van der Waals surface area contributed by atoms with Gasteiger partial charge in [-0.2, -0.15) is 5.10 Å². The first kappa shape index (κ1) is 20.9. The average Bonchev–Trinajstić information content (AvgIpc) is 3.27. The van der Waals surface area contributed by atoms with E-state index in [0.29, 0.717) is 28.9 Å². The quantitative estimate of drug-likeness (QED) is 0.490. The lowest BCUT2D eigenvalue weighted by atomic mass is 10.1. The van der Waals surface area contributed by atoms with Crippen molar-refractivity contribution in [3.05, 3.63) is 40.5 Å². The molecule has 31 heavy (non-hydrogen) atoms. The zero-order valence-electron chi connectivity index (χ0n) is 17.7. The topological polar surface area (TPSA) is 105 Å². The number of terminal acetylenes is 1. The van der Waals surface area contributed by atoms with Gasteiger partial charge in [-0.1, -0.05) is 5.92 Å². The molecule has 1 aliphatic carbocycles. The largest absolute Gasteiger partial charge is 0.444 e. The fraction of sp³-hybridized carbons (Fsp3) is 0.364. The summed E-state index contributed by atoms with van der Waals surface area (Å²) < 4.78 is 5.29. The van der Waals surface area contributed by atoms with Gasteiger partial charge in [0.2, 0.25) is 0 Å². The number of alkyl carbamates (subject to hydrolysis) is 1. The Morgan fingerprint density at radius 2 is 2.19 bits per heavy atom. The van der Waals surface area contributed by atoms with Crippen molar-refractivity contribution >= 4 is 29.1 Å². The van der Waals surface area contributed by atoms with Crippen molar-refractivity contribution < 1.29 is 9.53 Å². The molecule has 0 radical (unpaired) electrons. The van der Waals surface area contributed by atoms with Crippen LogP contribution in [0.2, 0.25) is 0 Å². The van der Waals surface area contributed by atoms with E-state index >= 15 is 0 Å². The van der Waals surface area contributed by atoms with Crippen LogP contribution in [0.25, 0.3) is 10.7 Å². The molecule has 1 amide bonds. The number of nitrogens with one attached hydrogen (secondary N) is 3. The van der Waals surface area contributed by atoms with Gasteiger partial charge in [-0.3, -0.25) is 5.10 Å². The average molecular weight is 437 g/mol. The standard InChI is InChI=1S/C22H24N6O2S/c1-5-13-11-23-20(25-19(13)24-18-10-16(27-28-18)14-6-7-14)17-9-8-15(31-17)12-30-21(29)26-22(2,3)4/h1,8-11,14H,6-7,12H2,2-4H3,(H,26,29)(H2,23,24,25,27,28). The van der Waals surface area contributed by atoms with Gasteiger partial charge in [-0.25, -0.2) is 14.8 Å². The summed E-state index contributed by atoms with van der Waals surface area (Å²) in [6.07, 6.45) is 9.17. The number of anilines is 2. The summed E-state index contributed by atoms with van der Waals surface area (Å²) in [5.41, 5.74) is 1.33. The van der Waals surface area contributed by atoms with Crippen molar-refractivity contribution in [2.45, 2.75) is 51.7 Å². The molecule has 4 rings (SSSR count). The van der Waals surface area contributed by atoms with Crippen LogP contribution in [0.5, 0.6) is 0 Å². The van der Waals surface area contributed by atoms with Crippen LogP contribution < -0.4 is 10.6 Å². The normalized spacial score (nSPS) is 13.5. The number of hydrogen-bond donors (Lipinski definition) is 3. The maximum absolute atomic E-state index is 11.9. The monoisotopic (exact) mass is 436 g/mol. The molecule has 0 atom stereocenters. The second-order valence-electron chi connectivity index (χ2n) is 8.43. The highest BCUT2D eigenvalue weighted by Gasteiger charge is 2.25. The number of ether oxygens (including phenoxy) is 1. The van der Waals surface area contributed by atoms with E-state index in [2.05, 4.69) is 36.7 Å². The lowest BCUT2D eigenvalue weighted by Gasteiger charge is -2.19. The summed E-state index contributed by atoms with van der Waals surface area (Å²) in [5, 5.41) is 13.3. The molecule has 3 N–H and O–H groups in total. The molecule has 0 saturated heterocycles. The highest BCUT2D eigenvalue weighted by atomic mass is 32.1. The molecule has 3 aromatic heterocycles. The number of carbonyl (C=O) groups excluding carboxylic acids is 1. The van der Waals surface area contributed by atoms with Crippen LogP contribution in [0, 0.1) is 12.3 Å². The van der Waals surface area contributed by atoms with Crippen LogP contribution in [0.4, 0.5) is 16.4 Å². The number of hydrogen-bond acceptors (Lipinski definition) is 7. The van der Waals surface area contributed by atoms with Gasteiger partial charge in [-0.05, 0) is 45.7 Å². The lowest BCUT2D eigenvalue weighted by molar-refractivity contribution is 0.132. The van der Waals surface area contributed by atoms with Crippen molar-refractivity contribution in [1.29, 1.82) is 0 Å². The van der Waals surface area contributed by atoms with Crippen molar-refractivity contribution in [1.82, 2.24) is 25.5 Å². The van der Waals surface area contributed by atoms with Gasteiger partial charge >= 0.3 is 6.09 Å². The number of thiophene rings is 1. The number of nitrogens with zero attached hydrogens (tertiary/aromatic N) is 3. The third-order valence-electron chi connectivity index (χ3n) is 4.51. The molecule has 0 aliphatic heterocycles. The van der Waals surface area contributed by atoms with E-state index in [0.717, 1.165) is 15.4 Å². The minimum atomic E-state index is -0.451. The number of carbonyl (C=O) groups is 1. The zero-order valence-corrected chi connectivity index (χ0v) is 18.5. The molecular weight excluding hydrogens is 412 g/mol. The third kappa shape index (κ3) is 5.41. The van der Waals surface area contributed by atoms with Crippen LogP contribution in [0.15, 0.2) is 24.4 Å². The molecule has 9 heteroatoms. The predicted octanol–water partition coefficient (Wildman–Crippen LogP) is 4.56. The first-order chi connectivity index (χ1) is 14.8. The Bertz CT molecular complexity index is 1130. The molecule has 3 heterocycles. The van der Waals surface area contributed by atoms with Crippen LogP contribution in [-0.2, 0) is 11.3 Å². The molecule has 8 nitrogen and oxygen atoms in total. The van der Waals surface area contributed by atoms with Crippen molar-refractivity contribution in [3.8, 4) is 23.0 Å². The summed E-state index contributed by atoms with van der Waals surface area (Å²) in [6, 6.07) is 5.79. The van der Waals surface area contributed by atoms with E-state index in [1.54, 1.807) is 6.20 Å². The number of aromatic amines is 1. The fourth-order valence-electron chi connectivity index (χ4n) is 2.88. The van der Waals surface area contributed by atoms with Crippen molar-refractivity contribution in [3.63, 3.8) is 0 Å². The summed E-state index contributed by atoms with van der Waals surface area (Å²) in [4.78, 5) is 22.6. The van der Waals surface area contributed by atoms with E-state index < -0.39 is 6.09 Å². The minimum Gasteiger partial charge on any atom is -0.444 e. The molecule has 160 valence electrons. The third-order valence-corrected chi connectivity index (χ3v) is 5.56. The summed E-state index contributed by atoms with van der Waals surface area (Å²) in [5.74, 6) is 4.92. The highest BCUT2D eigenvalue weighted by molar-refractivity contribution is 7.15. The van der Waals surface area contributed by atoms with Gasteiger partial charge in [0.15, 0.2) is 17.5 Å². The summed E-state index contributed by atoms with van der Waals surface area (Å²) in [7, 11) is 0. The zero-order chi connectivity index (χ0) is 22.0. The van der Waals surface area contributed by atoms with E-state index in [9.17, 15) is 4.79 Å². The Morgan fingerprint density at radius 3 is 2.90 bits per heavy atom. The maximum Gasteiger partial charge on any atom is 0.407 e. The van der Waals surface area contributed by atoms with E-state index in [1.807, 2.05) is 39.0 Å². The van der Waals surface area contributed by atoms with Crippen LogP contribution >= 0.6 is 11.3 Å². The number of amides is 1. The number of aromatic nitrogens is 4. The van der Waals surface area contributed by atoms with E-state index in [4.69, 9.17) is 11.2 Å². The predicted molar refractivity (Wildman–Crippen MR) is 120 cm³/mol. The second kappa shape index (κ2) is 8.40. The van der Waals surface area contributed by atoms with Crippen molar-refractivity contribution in [2.24, 2.45) is 0 Å². The maximum atomic E-state index is 11.9. The van der Waals surface area contributed by atoms with Gasteiger partial charge in [0.1, 0.15) is 6.61 Å². The molecule has 3 aromatic rings. The van der Waals surface area contributed by atoms with E-state index in [-0.39, 0.29) is 12.1 Å². The molecule has 0 bridgehead atoms. The Balaban J connectivity index is 1.46. The lowest BCUT2D eigenvalue weighted by Crippen LogP contribution is -2.40. The Hall–Kier alpha value is -3.38. The fourth-order valence-corrected chi connectivity index (χ4v) is 3.74.